The zero-order valence-corrected chi connectivity index (χ0v) is 20.9. The van der Waals surface area contributed by atoms with Crippen LogP contribution < -0.4 is 10.1 Å². The molecule has 0 saturated heterocycles. The van der Waals surface area contributed by atoms with Crippen molar-refractivity contribution in [2.45, 2.75) is 54.1 Å². The maximum atomic E-state index is 13.2. The Labute approximate surface area is 194 Å². The number of hydrogen-bond acceptors (Lipinski definition) is 3. The molecule has 1 unspecified atom stereocenters. The van der Waals surface area contributed by atoms with Gasteiger partial charge in [-0.25, -0.2) is 0 Å². The van der Waals surface area contributed by atoms with E-state index >= 15 is 0 Å². The Kier molecular flexibility index (Phi) is 9.11. The zero-order chi connectivity index (χ0) is 23.1. The predicted molar refractivity (Wildman–Crippen MR) is 128 cm³/mol. The summed E-state index contributed by atoms with van der Waals surface area (Å²) in [5.74, 6) is 0.586. The molecule has 2 rings (SSSR count). The van der Waals surface area contributed by atoms with Gasteiger partial charge in [0.05, 0.1) is 0 Å². The van der Waals surface area contributed by atoms with E-state index in [9.17, 15) is 9.59 Å². The van der Waals surface area contributed by atoms with Gasteiger partial charge in [0, 0.05) is 17.6 Å². The number of amides is 2. The van der Waals surface area contributed by atoms with Gasteiger partial charge in [-0.3, -0.25) is 9.59 Å². The minimum atomic E-state index is -0.608. The second kappa shape index (κ2) is 11.3. The monoisotopic (exact) mass is 488 g/mol. The summed E-state index contributed by atoms with van der Waals surface area (Å²) >= 11 is 3.54. The summed E-state index contributed by atoms with van der Waals surface area (Å²) in [5.41, 5.74) is 4.17. The van der Waals surface area contributed by atoms with Gasteiger partial charge in [-0.1, -0.05) is 54.0 Å². The first-order valence-electron chi connectivity index (χ1n) is 10.6. The molecule has 1 atom stereocenters. The van der Waals surface area contributed by atoms with Gasteiger partial charge in [0.2, 0.25) is 5.91 Å². The number of nitrogens with one attached hydrogen (secondary N) is 1. The Morgan fingerprint density at radius 1 is 1.03 bits per heavy atom. The van der Waals surface area contributed by atoms with Crippen LogP contribution in [0.15, 0.2) is 40.9 Å². The number of carbonyl (C=O) groups excluding carboxylic acids is 2. The lowest BCUT2D eigenvalue weighted by Gasteiger charge is -2.29. The molecular weight excluding hydrogens is 456 g/mol. The average molecular weight is 489 g/mol. The number of benzene rings is 2. The van der Waals surface area contributed by atoms with Crippen LogP contribution in [0.3, 0.4) is 0 Å². The van der Waals surface area contributed by atoms with Crippen molar-refractivity contribution in [3.8, 4) is 5.75 Å². The van der Waals surface area contributed by atoms with E-state index in [1.165, 1.54) is 0 Å². The molecule has 0 saturated carbocycles. The standard InChI is InChI=1S/C25H33BrN2O3/c1-16(2)13-27-25(30)20(6)28(14-21-10-8-7-9-17(21)3)23(29)15-31-22-11-18(4)24(26)19(5)12-22/h7-12,16,20H,13-15H2,1-6H3,(H,27,30). The van der Waals surface area contributed by atoms with Crippen LogP contribution in [-0.4, -0.2) is 35.9 Å². The Hall–Kier alpha value is -2.34. The van der Waals surface area contributed by atoms with Crippen LogP contribution in [0.5, 0.6) is 5.75 Å². The van der Waals surface area contributed by atoms with E-state index in [1.807, 2.05) is 71.0 Å². The third kappa shape index (κ3) is 7.10. The van der Waals surface area contributed by atoms with Gasteiger partial charge in [0.25, 0.3) is 5.91 Å². The van der Waals surface area contributed by atoms with Gasteiger partial charge in [0.1, 0.15) is 11.8 Å². The lowest BCUT2D eigenvalue weighted by atomic mass is 10.1. The summed E-state index contributed by atoms with van der Waals surface area (Å²) in [6.07, 6.45) is 0. The van der Waals surface area contributed by atoms with Crippen LogP contribution in [0.2, 0.25) is 0 Å². The highest BCUT2D eigenvalue weighted by Crippen LogP contribution is 2.26. The lowest BCUT2D eigenvalue weighted by molar-refractivity contribution is -0.142. The summed E-state index contributed by atoms with van der Waals surface area (Å²) in [5, 5.41) is 2.93. The molecule has 0 fully saturated rings. The van der Waals surface area contributed by atoms with Crippen molar-refractivity contribution in [2.24, 2.45) is 5.92 Å². The maximum Gasteiger partial charge on any atom is 0.261 e. The fraction of sp³-hybridized carbons (Fsp3) is 0.440. The van der Waals surface area contributed by atoms with E-state index in [0.717, 1.165) is 26.7 Å². The number of aryl methyl sites for hydroxylation is 3. The highest BCUT2D eigenvalue weighted by molar-refractivity contribution is 9.10. The first kappa shape index (κ1) is 24.9. The average Bonchev–Trinajstić information content (AvgIpc) is 2.72. The van der Waals surface area contributed by atoms with Crippen molar-refractivity contribution in [1.82, 2.24) is 10.2 Å². The highest BCUT2D eigenvalue weighted by Gasteiger charge is 2.27. The molecule has 31 heavy (non-hydrogen) atoms. The number of rotatable bonds is 9. The Balaban J connectivity index is 2.19. The minimum absolute atomic E-state index is 0.131. The highest BCUT2D eigenvalue weighted by atomic mass is 79.9. The largest absolute Gasteiger partial charge is 0.484 e. The fourth-order valence-corrected chi connectivity index (χ4v) is 3.45. The van der Waals surface area contributed by atoms with E-state index in [-0.39, 0.29) is 18.4 Å². The van der Waals surface area contributed by atoms with Crippen LogP contribution in [0.25, 0.3) is 0 Å². The molecule has 0 aliphatic carbocycles. The van der Waals surface area contributed by atoms with E-state index in [0.29, 0.717) is 24.8 Å². The summed E-state index contributed by atoms with van der Waals surface area (Å²) < 4.78 is 6.85. The van der Waals surface area contributed by atoms with Crippen LogP contribution in [0.1, 0.15) is 43.0 Å². The smallest absolute Gasteiger partial charge is 0.261 e. The van der Waals surface area contributed by atoms with E-state index in [2.05, 4.69) is 21.2 Å². The minimum Gasteiger partial charge on any atom is -0.484 e. The predicted octanol–water partition coefficient (Wildman–Crippen LogP) is 4.94. The molecule has 5 nitrogen and oxygen atoms in total. The molecular formula is C25H33BrN2O3. The van der Waals surface area contributed by atoms with Crippen LogP contribution >= 0.6 is 15.9 Å². The normalized spacial score (nSPS) is 11.9. The quantitative estimate of drug-likeness (QED) is 0.543. The summed E-state index contributed by atoms with van der Waals surface area (Å²) in [4.78, 5) is 27.5. The molecule has 0 spiro atoms. The number of ether oxygens (including phenoxy) is 1. The topological polar surface area (TPSA) is 58.6 Å². The molecule has 0 aliphatic heterocycles. The van der Waals surface area contributed by atoms with E-state index in [1.54, 1.807) is 11.8 Å². The lowest BCUT2D eigenvalue weighted by Crippen LogP contribution is -2.49. The molecule has 1 N–H and O–H groups in total. The van der Waals surface area contributed by atoms with Gasteiger partial charge in [-0.15, -0.1) is 0 Å². The molecule has 168 valence electrons. The SMILES string of the molecule is Cc1ccccc1CN(C(=O)COc1cc(C)c(Br)c(C)c1)C(C)C(=O)NCC(C)C. The van der Waals surface area contributed by atoms with Gasteiger partial charge < -0.3 is 15.0 Å². The molecule has 2 aromatic carbocycles. The fourth-order valence-electron chi connectivity index (χ4n) is 3.22. The molecule has 0 heterocycles. The summed E-state index contributed by atoms with van der Waals surface area (Å²) in [7, 11) is 0. The molecule has 6 heteroatoms. The number of halogens is 1. The first-order chi connectivity index (χ1) is 14.6. The van der Waals surface area contributed by atoms with Crippen LogP contribution in [-0.2, 0) is 16.1 Å². The Bertz CT molecular complexity index is 904. The number of carbonyl (C=O) groups is 2. The first-order valence-corrected chi connectivity index (χ1v) is 11.4. The number of nitrogens with zero attached hydrogens (tertiary/aromatic N) is 1. The van der Waals surface area contributed by atoms with E-state index in [4.69, 9.17) is 4.74 Å². The molecule has 0 radical (unpaired) electrons. The zero-order valence-electron chi connectivity index (χ0n) is 19.3. The van der Waals surface area contributed by atoms with E-state index < -0.39 is 6.04 Å². The second-order valence-corrected chi connectivity index (χ2v) is 9.22. The molecule has 0 aromatic heterocycles. The summed E-state index contributed by atoms with van der Waals surface area (Å²) in [6, 6.07) is 11.1. The van der Waals surface area contributed by atoms with Crippen molar-refractivity contribution in [3.63, 3.8) is 0 Å². The third-order valence-electron chi connectivity index (χ3n) is 5.23. The van der Waals surface area contributed by atoms with Crippen molar-refractivity contribution >= 4 is 27.7 Å². The molecule has 0 bridgehead atoms. The van der Waals surface area contributed by atoms with Crippen LogP contribution in [0.4, 0.5) is 0 Å². The second-order valence-electron chi connectivity index (χ2n) is 8.42. The van der Waals surface area contributed by atoms with Gasteiger partial charge >= 0.3 is 0 Å². The Morgan fingerprint density at radius 2 is 1.65 bits per heavy atom. The molecule has 0 aliphatic rings. The van der Waals surface area contributed by atoms with Crippen molar-refractivity contribution in [1.29, 1.82) is 0 Å². The summed E-state index contributed by atoms with van der Waals surface area (Å²) in [6.45, 7) is 12.6. The molecule has 2 amide bonds. The van der Waals surface area contributed by atoms with Crippen molar-refractivity contribution < 1.29 is 14.3 Å². The van der Waals surface area contributed by atoms with Gasteiger partial charge in [-0.05, 0) is 68.0 Å². The third-order valence-corrected chi connectivity index (χ3v) is 6.48. The van der Waals surface area contributed by atoms with Gasteiger partial charge in [0.15, 0.2) is 6.61 Å². The van der Waals surface area contributed by atoms with Gasteiger partial charge in [-0.2, -0.15) is 0 Å². The molecule has 2 aromatic rings. The number of hydrogen-bond donors (Lipinski definition) is 1. The van der Waals surface area contributed by atoms with Crippen LogP contribution in [0, 0.1) is 26.7 Å². The maximum absolute atomic E-state index is 13.2. The van der Waals surface area contributed by atoms with Crippen molar-refractivity contribution in [2.75, 3.05) is 13.2 Å². The Morgan fingerprint density at radius 3 is 2.23 bits per heavy atom. The van der Waals surface area contributed by atoms with Crippen molar-refractivity contribution in [3.05, 3.63) is 63.1 Å².